The summed E-state index contributed by atoms with van der Waals surface area (Å²) in [6, 6.07) is 17.5. The maximum absolute atomic E-state index is 13.1. The minimum absolute atomic E-state index is 0.0987. The van der Waals surface area contributed by atoms with E-state index in [1.807, 2.05) is 48.5 Å². The molecule has 1 aliphatic heterocycles. The molecule has 0 radical (unpaired) electrons. The van der Waals surface area contributed by atoms with Gasteiger partial charge in [0.15, 0.2) is 0 Å². The van der Waals surface area contributed by atoms with Crippen LogP contribution in [0.15, 0.2) is 65.3 Å². The van der Waals surface area contributed by atoms with Crippen LogP contribution in [-0.2, 0) is 27.2 Å². The molecule has 0 spiro atoms. The van der Waals surface area contributed by atoms with Crippen molar-refractivity contribution in [2.45, 2.75) is 37.6 Å². The summed E-state index contributed by atoms with van der Waals surface area (Å²) in [4.78, 5) is 38.2. The summed E-state index contributed by atoms with van der Waals surface area (Å²) in [6.45, 7) is 1.90. The Bertz CT molecular complexity index is 1150. The zero-order chi connectivity index (χ0) is 24.5. The highest BCUT2D eigenvalue weighted by Gasteiger charge is 2.40. The number of amides is 3. The number of rotatable bonds is 10. The van der Waals surface area contributed by atoms with Crippen LogP contribution in [0.4, 0.5) is 0 Å². The Morgan fingerprint density at radius 2 is 1.66 bits per heavy atom. The first-order valence-electron chi connectivity index (χ1n) is 12.1. The molecule has 0 bridgehead atoms. The molecule has 3 amide bonds. The number of hydrogen-bond donors (Lipinski definition) is 4. The fourth-order valence-electron chi connectivity index (χ4n) is 4.51. The van der Waals surface area contributed by atoms with Gasteiger partial charge in [0.05, 0.1) is 12.7 Å². The van der Waals surface area contributed by atoms with Crippen LogP contribution < -0.4 is 21.3 Å². The van der Waals surface area contributed by atoms with Crippen LogP contribution in [0, 0.1) is 0 Å². The van der Waals surface area contributed by atoms with Crippen LogP contribution in [0.1, 0.15) is 30.6 Å². The molecule has 4 N–H and O–H groups in total. The first-order valence-corrected chi connectivity index (χ1v) is 12.1. The zero-order valence-corrected chi connectivity index (χ0v) is 19.8. The van der Waals surface area contributed by atoms with E-state index in [0.29, 0.717) is 38.9 Å². The van der Waals surface area contributed by atoms with E-state index in [1.165, 1.54) is 0 Å². The van der Waals surface area contributed by atoms with E-state index in [-0.39, 0.29) is 37.1 Å². The molecule has 2 heterocycles. The van der Waals surface area contributed by atoms with Crippen molar-refractivity contribution >= 4 is 28.5 Å². The Morgan fingerprint density at radius 1 is 0.886 bits per heavy atom. The topological polar surface area (TPSA) is 112 Å². The van der Waals surface area contributed by atoms with Gasteiger partial charge < -0.3 is 25.7 Å². The number of carbonyl (C=O) groups is 3. The summed E-state index contributed by atoms with van der Waals surface area (Å²) in [6.07, 6.45) is 3.61. The standard InChI is InChI=1S/C27H32N4O4/c32-24(11-10-22-8-4-18-35-22)31-27(12-14-28-15-13-27)26(34)30-17-16-29-25(33)19-21-7-3-6-20-5-1-2-9-23(20)21/h1-9,18,28H,10-17,19H2,(H,29,33)(H,30,34)(H,31,32). The van der Waals surface area contributed by atoms with E-state index in [2.05, 4.69) is 21.3 Å². The van der Waals surface area contributed by atoms with Gasteiger partial charge in [-0.05, 0) is 54.4 Å². The molecule has 35 heavy (non-hydrogen) atoms. The van der Waals surface area contributed by atoms with Crippen molar-refractivity contribution in [1.29, 1.82) is 0 Å². The number of hydrogen-bond acceptors (Lipinski definition) is 5. The maximum atomic E-state index is 13.1. The van der Waals surface area contributed by atoms with Gasteiger partial charge in [-0.25, -0.2) is 0 Å². The lowest BCUT2D eigenvalue weighted by atomic mass is 9.87. The average Bonchev–Trinajstić information content (AvgIpc) is 3.40. The average molecular weight is 477 g/mol. The first kappa shape index (κ1) is 24.5. The molecule has 2 aromatic carbocycles. The van der Waals surface area contributed by atoms with E-state index in [0.717, 1.165) is 22.1 Å². The van der Waals surface area contributed by atoms with Crippen molar-refractivity contribution in [2.24, 2.45) is 0 Å². The molecular formula is C27H32N4O4. The lowest BCUT2D eigenvalue weighted by Gasteiger charge is -2.37. The first-order chi connectivity index (χ1) is 17.1. The summed E-state index contributed by atoms with van der Waals surface area (Å²) >= 11 is 0. The second-order valence-electron chi connectivity index (χ2n) is 8.88. The van der Waals surface area contributed by atoms with E-state index in [9.17, 15) is 14.4 Å². The molecule has 8 nitrogen and oxygen atoms in total. The molecule has 3 aromatic rings. The smallest absolute Gasteiger partial charge is 0.245 e. The highest BCUT2D eigenvalue weighted by molar-refractivity contribution is 5.92. The van der Waals surface area contributed by atoms with E-state index in [1.54, 1.807) is 12.3 Å². The quantitative estimate of drug-likeness (QED) is 0.335. The third-order valence-electron chi connectivity index (χ3n) is 6.41. The fraction of sp³-hybridized carbons (Fsp3) is 0.370. The number of piperidine rings is 1. The number of aryl methyl sites for hydroxylation is 1. The Hall–Kier alpha value is -3.65. The molecule has 1 aliphatic rings. The monoisotopic (exact) mass is 476 g/mol. The summed E-state index contributed by atoms with van der Waals surface area (Å²) in [5.41, 5.74) is 0.0221. The van der Waals surface area contributed by atoms with Crippen LogP contribution in [-0.4, -0.2) is 49.4 Å². The minimum Gasteiger partial charge on any atom is -0.469 e. The second-order valence-corrected chi connectivity index (χ2v) is 8.88. The predicted octanol–water partition coefficient (Wildman–Crippen LogP) is 2.08. The summed E-state index contributed by atoms with van der Waals surface area (Å²) in [5.74, 6) is 0.247. The van der Waals surface area contributed by atoms with Gasteiger partial charge >= 0.3 is 0 Å². The van der Waals surface area contributed by atoms with Gasteiger partial charge in [-0.1, -0.05) is 42.5 Å². The van der Waals surface area contributed by atoms with Crippen molar-refractivity contribution < 1.29 is 18.8 Å². The molecule has 0 atom stereocenters. The third kappa shape index (κ3) is 6.48. The van der Waals surface area contributed by atoms with Gasteiger partial charge in [-0.3, -0.25) is 14.4 Å². The fourth-order valence-corrected chi connectivity index (χ4v) is 4.51. The second kappa shape index (κ2) is 11.7. The predicted molar refractivity (Wildman–Crippen MR) is 134 cm³/mol. The molecule has 0 aliphatic carbocycles. The van der Waals surface area contributed by atoms with Crippen LogP contribution in [0.25, 0.3) is 10.8 Å². The van der Waals surface area contributed by atoms with Crippen LogP contribution >= 0.6 is 0 Å². The van der Waals surface area contributed by atoms with E-state index in [4.69, 9.17) is 4.42 Å². The molecule has 1 saturated heterocycles. The third-order valence-corrected chi connectivity index (χ3v) is 6.41. The zero-order valence-electron chi connectivity index (χ0n) is 19.8. The van der Waals surface area contributed by atoms with Crippen LogP contribution in [0.5, 0.6) is 0 Å². The number of carbonyl (C=O) groups excluding carboxylic acids is 3. The van der Waals surface area contributed by atoms with Crippen molar-refractivity contribution in [2.75, 3.05) is 26.2 Å². The summed E-state index contributed by atoms with van der Waals surface area (Å²) in [5, 5.41) is 14.2. The SMILES string of the molecule is O=C(Cc1cccc2ccccc12)NCCNC(=O)C1(NC(=O)CCc2ccco2)CCNCC1. The molecule has 4 rings (SSSR count). The van der Waals surface area contributed by atoms with Crippen molar-refractivity contribution in [3.63, 3.8) is 0 Å². The Labute approximate surface area is 204 Å². The van der Waals surface area contributed by atoms with Crippen LogP contribution in [0.3, 0.4) is 0 Å². The Balaban J connectivity index is 1.25. The van der Waals surface area contributed by atoms with Crippen molar-refractivity contribution in [3.8, 4) is 0 Å². The molecule has 184 valence electrons. The highest BCUT2D eigenvalue weighted by atomic mass is 16.3. The summed E-state index contributed by atoms with van der Waals surface area (Å²) in [7, 11) is 0. The highest BCUT2D eigenvalue weighted by Crippen LogP contribution is 2.20. The summed E-state index contributed by atoms with van der Waals surface area (Å²) < 4.78 is 5.29. The maximum Gasteiger partial charge on any atom is 0.245 e. The molecular weight excluding hydrogens is 444 g/mol. The molecule has 0 saturated carbocycles. The normalized spacial score (nSPS) is 14.9. The van der Waals surface area contributed by atoms with Crippen molar-refractivity contribution in [1.82, 2.24) is 21.3 Å². The van der Waals surface area contributed by atoms with Gasteiger partial charge in [-0.2, -0.15) is 0 Å². The molecule has 1 fully saturated rings. The lowest BCUT2D eigenvalue weighted by molar-refractivity contribution is -0.134. The van der Waals surface area contributed by atoms with E-state index < -0.39 is 5.54 Å². The number of nitrogens with one attached hydrogen (secondary N) is 4. The lowest BCUT2D eigenvalue weighted by Crippen LogP contribution is -2.63. The van der Waals surface area contributed by atoms with Gasteiger partial charge in [0.2, 0.25) is 17.7 Å². The molecule has 1 aromatic heterocycles. The number of benzene rings is 2. The van der Waals surface area contributed by atoms with Gasteiger partial charge in [0, 0.05) is 25.9 Å². The Kier molecular flexibility index (Phi) is 8.15. The molecule has 8 heteroatoms. The number of fused-ring (bicyclic) bond motifs is 1. The molecule has 0 unspecified atom stereocenters. The van der Waals surface area contributed by atoms with Gasteiger partial charge in [0.1, 0.15) is 11.3 Å². The Morgan fingerprint density at radius 3 is 2.46 bits per heavy atom. The largest absolute Gasteiger partial charge is 0.469 e. The van der Waals surface area contributed by atoms with E-state index >= 15 is 0 Å². The number of furan rings is 1. The van der Waals surface area contributed by atoms with Crippen molar-refractivity contribution in [3.05, 3.63) is 72.2 Å². The minimum atomic E-state index is -0.946. The van der Waals surface area contributed by atoms with Gasteiger partial charge in [0.25, 0.3) is 0 Å². The van der Waals surface area contributed by atoms with Gasteiger partial charge in [-0.15, -0.1) is 0 Å². The van der Waals surface area contributed by atoms with Crippen LogP contribution in [0.2, 0.25) is 0 Å².